The quantitative estimate of drug-likeness (QED) is 0.912. The molecular formula is C18H16FNO3. The minimum Gasteiger partial charge on any atom is -0.481 e. The molecule has 1 fully saturated rings. The second-order valence-electron chi connectivity index (χ2n) is 5.67. The van der Waals surface area contributed by atoms with Crippen molar-refractivity contribution in [3.8, 4) is 11.1 Å². The summed E-state index contributed by atoms with van der Waals surface area (Å²) in [6.07, 6.45) is 0.235. The first-order valence-corrected chi connectivity index (χ1v) is 7.41. The van der Waals surface area contributed by atoms with Crippen LogP contribution >= 0.6 is 0 Å². The first kappa shape index (κ1) is 15.2. The Morgan fingerprint density at radius 3 is 2.57 bits per heavy atom. The van der Waals surface area contributed by atoms with Crippen LogP contribution in [0.15, 0.2) is 42.5 Å². The lowest BCUT2D eigenvalue weighted by atomic mass is 9.93. The second-order valence-corrected chi connectivity index (χ2v) is 5.67. The van der Waals surface area contributed by atoms with Crippen molar-refractivity contribution in [1.29, 1.82) is 0 Å². The van der Waals surface area contributed by atoms with Crippen molar-refractivity contribution < 1.29 is 19.1 Å². The summed E-state index contributed by atoms with van der Waals surface area (Å²) in [5.41, 5.74) is 2.42. The second kappa shape index (κ2) is 6.20. The Balaban J connectivity index is 1.93. The molecule has 1 atom stereocenters. The lowest BCUT2D eigenvalue weighted by molar-refractivity contribution is -0.136. The summed E-state index contributed by atoms with van der Waals surface area (Å²) in [7, 11) is 0. The van der Waals surface area contributed by atoms with Gasteiger partial charge < -0.3 is 10.4 Å². The highest BCUT2D eigenvalue weighted by atomic mass is 19.1. The monoisotopic (exact) mass is 313 g/mol. The number of hydrogen-bond donors (Lipinski definition) is 2. The molecule has 2 aromatic rings. The zero-order valence-corrected chi connectivity index (χ0v) is 12.4. The van der Waals surface area contributed by atoms with Crippen LogP contribution < -0.4 is 5.32 Å². The van der Waals surface area contributed by atoms with Gasteiger partial charge in [-0.05, 0) is 22.8 Å². The third-order valence-corrected chi connectivity index (χ3v) is 4.09. The maximum absolute atomic E-state index is 14.2. The number of amides is 1. The van der Waals surface area contributed by atoms with Crippen molar-refractivity contribution in [3.05, 3.63) is 59.4 Å². The summed E-state index contributed by atoms with van der Waals surface area (Å²) >= 11 is 0. The molecule has 3 rings (SSSR count). The molecule has 1 unspecified atom stereocenters. The Labute approximate surface area is 133 Å². The number of carboxylic acid groups (broad SMARTS) is 1. The maximum atomic E-state index is 14.2. The highest BCUT2D eigenvalue weighted by Gasteiger charge is 2.23. The number of carbonyl (C=O) groups is 2. The van der Waals surface area contributed by atoms with E-state index in [1.54, 1.807) is 18.2 Å². The number of carboxylic acids is 1. The molecule has 118 valence electrons. The van der Waals surface area contributed by atoms with Crippen LogP contribution in [0, 0.1) is 5.82 Å². The average molecular weight is 313 g/mol. The molecule has 1 aliphatic rings. The number of carbonyl (C=O) groups excluding carboxylic acids is 1. The van der Waals surface area contributed by atoms with Gasteiger partial charge in [-0.25, -0.2) is 4.39 Å². The van der Waals surface area contributed by atoms with E-state index in [9.17, 15) is 14.0 Å². The van der Waals surface area contributed by atoms with E-state index in [-0.39, 0.29) is 18.2 Å². The molecule has 0 radical (unpaired) electrons. The van der Waals surface area contributed by atoms with E-state index >= 15 is 0 Å². The number of nitrogens with one attached hydrogen (secondary N) is 1. The molecule has 1 saturated heterocycles. The van der Waals surface area contributed by atoms with Gasteiger partial charge in [-0.1, -0.05) is 36.4 Å². The first-order chi connectivity index (χ1) is 11.0. The number of aliphatic carboxylic acids is 1. The average Bonchev–Trinajstić information content (AvgIpc) is 2.94. The van der Waals surface area contributed by atoms with Crippen LogP contribution in [0.1, 0.15) is 23.5 Å². The van der Waals surface area contributed by atoms with Crippen LogP contribution in [0.2, 0.25) is 0 Å². The smallest absolute Gasteiger partial charge is 0.307 e. The predicted molar refractivity (Wildman–Crippen MR) is 83.5 cm³/mol. The van der Waals surface area contributed by atoms with E-state index in [4.69, 9.17) is 5.11 Å². The van der Waals surface area contributed by atoms with E-state index in [2.05, 4.69) is 5.32 Å². The molecule has 0 spiro atoms. The van der Waals surface area contributed by atoms with Gasteiger partial charge in [-0.15, -0.1) is 0 Å². The zero-order chi connectivity index (χ0) is 16.4. The molecule has 1 amide bonds. The number of halogens is 1. The molecule has 1 heterocycles. The Morgan fingerprint density at radius 1 is 1.22 bits per heavy atom. The Morgan fingerprint density at radius 2 is 1.96 bits per heavy atom. The van der Waals surface area contributed by atoms with Gasteiger partial charge in [0.2, 0.25) is 5.91 Å². The highest BCUT2D eigenvalue weighted by molar-refractivity contribution is 5.80. The Hall–Kier alpha value is -2.69. The van der Waals surface area contributed by atoms with Gasteiger partial charge in [0.15, 0.2) is 0 Å². The van der Waals surface area contributed by atoms with Gasteiger partial charge in [0.05, 0.1) is 6.42 Å². The van der Waals surface area contributed by atoms with Gasteiger partial charge in [-0.2, -0.15) is 0 Å². The molecule has 1 aliphatic heterocycles. The molecule has 4 nitrogen and oxygen atoms in total. The van der Waals surface area contributed by atoms with Crippen molar-refractivity contribution in [3.63, 3.8) is 0 Å². The van der Waals surface area contributed by atoms with Crippen LogP contribution in [-0.4, -0.2) is 23.5 Å². The fraction of sp³-hybridized carbons (Fsp3) is 0.222. The molecule has 2 N–H and O–H groups in total. The highest BCUT2D eigenvalue weighted by Crippen LogP contribution is 2.30. The van der Waals surface area contributed by atoms with Crippen LogP contribution in [0.25, 0.3) is 11.1 Å². The zero-order valence-electron chi connectivity index (χ0n) is 12.4. The van der Waals surface area contributed by atoms with Crippen molar-refractivity contribution in [2.24, 2.45) is 0 Å². The van der Waals surface area contributed by atoms with Gasteiger partial charge >= 0.3 is 5.97 Å². The van der Waals surface area contributed by atoms with E-state index in [0.717, 1.165) is 5.56 Å². The summed E-state index contributed by atoms with van der Waals surface area (Å²) in [6.45, 7) is 0.613. The molecule has 0 saturated carbocycles. The van der Waals surface area contributed by atoms with Crippen LogP contribution in [0.3, 0.4) is 0 Å². The van der Waals surface area contributed by atoms with Crippen LogP contribution in [0.4, 0.5) is 4.39 Å². The summed E-state index contributed by atoms with van der Waals surface area (Å²) in [6, 6.07) is 11.8. The third kappa shape index (κ3) is 3.23. The SMILES string of the molecule is O=C(O)Cc1cccc(F)c1-c1ccc(C2CNC(=O)C2)cc1. The minimum absolute atomic E-state index is 0.0388. The Kier molecular flexibility index (Phi) is 4.10. The predicted octanol–water partition coefficient (Wildman–Crippen LogP) is 2.72. The number of hydrogen-bond acceptors (Lipinski definition) is 2. The summed E-state index contributed by atoms with van der Waals surface area (Å²) < 4.78 is 14.2. The van der Waals surface area contributed by atoms with Crippen LogP contribution in [0.5, 0.6) is 0 Å². The number of rotatable bonds is 4. The normalized spacial score (nSPS) is 17.1. The Bertz CT molecular complexity index is 755. The lowest BCUT2D eigenvalue weighted by Gasteiger charge is -2.12. The third-order valence-electron chi connectivity index (χ3n) is 4.09. The van der Waals surface area contributed by atoms with E-state index < -0.39 is 11.8 Å². The largest absolute Gasteiger partial charge is 0.481 e. The van der Waals surface area contributed by atoms with E-state index in [1.807, 2.05) is 12.1 Å². The first-order valence-electron chi connectivity index (χ1n) is 7.41. The van der Waals surface area contributed by atoms with Gasteiger partial charge in [0.25, 0.3) is 0 Å². The lowest BCUT2D eigenvalue weighted by Crippen LogP contribution is -2.13. The number of benzene rings is 2. The van der Waals surface area contributed by atoms with Gasteiger partial charge in [0.1, 0.15) is 5.82 Å². The molecule has 0 aromatic heterocycles. The maximum Gasteiger partial charge on any atom is 0.307 e. The van der Waals surface area contributed by atoms with E-state index in [1.165, 1.54) is 12.1 Å². The minimum atomic E-state index is -0.996. The van der Waals surface area contributed by atoms with Crippen molar-refractivity contribution in [2.45, 2.75) is 18.8 Å². The van der Waals surface area contributed by atoms with Crippen molar-refractivity contribution in [1.82, 2.24) is 5.32 Å². The standard InChI is InChI=1S/C18H16FNO3/c19-15-3-1-2-13(9-17(22)23)18(15)12-6-4-11(5-7-12)14-8-16(21)20-10-14/h1-7,14H,8-10H2,(H,20,21)(H,22,23). The van der Waals surface area contributed by atoms with Gasteiger partial charge in [0, 0.05) is 24.4 Å². The van der Waals surface area contributed by atoms with Crippen molar-refractivity contribution in [2.75, 3.05) is 6.54 Å². The summed E-state index contributed by atoms with van der Waals surface area (Å²) in [5, 5.41) is 11.8. The molecule has 0 bridgehead atoms. The van der Waals surface area contributed by atoms with E-state index in [0.29, 0.717) is 29.7 Å². The summed E-state index contributed by atoms with van der Waals surface area (Å²) in [4.78, 5) is 22.3. The van der Waals surface area contributed by atoms with Crippen molar-refractivity contribution >= 4 is 11.9 Å². The summed E-state index contributed by atoms with van der Waals surface area (Å²) in [5.74, 6) is -1.26. The topological polar surface area (TPSA) is 66.4 Å². The molecule has 23 heavy (non-hydrogen) atoms. The molecule has 2 aromatic carbocycles. The fourth-order valence-corrected chi connectivity index (χ4v) is 2.97. The van der Waals surface area contributed by atoms with Gasteiger partial charge in [-0.3, -0.25) is 9.59 Å². The molecule has 0 aliphatic carbocycles. The van der Waals surface area contributed by atoms with Crippen LogP contribution in [-0.2, 0) is 16.0 Å². The molecular weight excluding hydrogens is 297 g/mol. The molecule has 5 heteroatoms. The fourth-order valence-electron chi connectivity index (χ4n) is 2.97.